The van der Waals surface area contributed by atoms with Crippen LogP contribution in [0, 0.1) is 12.7 Å². The zero-order valence-corrected chi connectivity index (χ0v) is 11.0. The first-order valence-electron chi connectivity index (χ1n) is 6.28. The van der Waals surface area contributed by atoms with Gasteiger partial charge in [-0.15, -0.1) is 0 Å². The van der Waals surface area contributed by atoms with Crippen LogP contribution >= 0.6 is 0 Å². The minimum Gasteiger partial charge on any atom is -0.490 e. The lowest BCUT2D eigenvalue weighted by molar-refractivity contribution is 0.243. The van der Waals surface area contributed by atoms with Gasteiger partial charge in [-0.1, -0.05) is 19.9 Å². The van der Waals surface area contributed by atoms with Crippen molar-refractivity contribution in [2.45, 2.75) is 27.2 Å². The predicted octanol–water partition coefficient (Wildman–Crippen LogP) is 3.24. The van der Waals surface area contributed by atoms with Crippen molar-refractivity contribution in [1.82, 2.24) is 4.90 Å². The maximum Gasteiger partial charge on any atom is 0.165 e. The summed E-state index contributed by atoms with van der Waals surface area (Å²) in [7, 11) is 0. The summed E-state index contributed by atoms with van der Waals surface area (Å²) in [6.45, 7) is 9.82. The van der Waals surface area contributed by atoms with E-state index in [1.165, 1.54) is 6.07 Å². The summed E-state index contributed by atoms with van der Waals surface area (Å²) in [5, 5.41) is 0. The molecule has 0 radical (unpaired) electrons. The number of hydrogen-bond acceptors (Lipinski definition) is 2. The molecule has 0 bridgehead atoms. The molecule has 3 heteroatoms. The molecule has 1 aromatic rings. The average Bonchev–Trinajstić information content (AvgIpc) is 2.32. The Hall–Kier alpha value is -1.09. The Morgan fingerprint density at radius 1 is 1.24 bits per heavy atom. The summed E-state index contributed by atoms with van der Waals surface area (Å²) >= 11 is 0. The molecule has 17 heavy (non-hydrogen) atoms. The van der Waals surface area contributed by atoms with Crippen molar-refractivity contribution in [3.8, 4) is 5.75 Å². The molecule has 0 aromatic heterocycles. The highest BCUT2D eigenvalue weighted by molar-refractivity contribution is 5.28. The molecular weight excluding hydrogens is 217 g/mol. The molecule has 0 unspecified atom stereocenters. The van der Waals surface area contributed by atoms with Crippen molar-refractivity contribution in [3.05, 3.63) is 29.6 Å². The average molecular weight is 239 g/mol. The molecule has 0 N–H and O–H groups in total. The van der Waals surface area contributed by atoms with Crippen LogP contribution < -0.4 is 4.74 Å². The van der Waals surface area contributed by atoms with E-state index in [2.05, 4.69) is 18.7 Å². The van der Waals surface area contributed by atoms with Gasteiger partial charge in [0.1, 0.15) is 0 Å². The Bertz CT molecular complexity index is 337. The van der Waals surface area contributed by atoms with Gasteiger partial charge in [-0.2, -0.15) is 0 Å². The zero-order valence-electron chi connectivity index (χ0n) is 11.0. The van der Waals surface area contributed by atoms with Gasteiger partial charge >= 0.3 is 0 Å². The Morgan fingerprint density at radius 3 is 2.53 bits per heavy atom. The van der Waals surface area contributed by atoms with Gasteiger partial charge in [0, 0.05) is 6.54 Å². The third kappa shape index (κ3) is 4.73. The smallest absolute Gasteiger partial charge is 0.165 e. The summed E-state index contributed by atoms with van der Waals surface area (Å²) in [5.41, 5.74) is 0.915. The maximum absolute atomic E-state index is 13.4. The minimum absolute atomic E-state index is 0.271. The monoisotopic (exact) mass is 239 g/mol. The molecule has 1 aromatic carbocycles. The maximum atomic E-state index is 13.4. The first-order valence-corrected chi connectivity index (χ1v) is 6.28. The standard InChI is InChI=1S/C14H22FNO/c1-4-16(5-2)9-6-10-17-14-8-7-12(3)11-13(14)15/h7-8,11H,4-6,9-10H2,1-3H3. The predicted molar refractivity (Wildman–Crippen MR) is 69.0 cm³/mol. The Labute approximate surface area is 103 Å². The van der Waals surface area contributed by atoms with Gasteiger partial charge in [-0.05, 0) is 44.1 Å². The molecule has 0 aliphatic rings. The molecule has 2 nitrogen and oxygen atoms in total. The van der Waals surface area contributed by atoms with Crippen molar-refractivity contribution in [3.63, 3.8) is 0 Å². The second kappa shape index (κ2) is 7.28. The molecule has 0 heterocycles. The van der Waals surface area contributed by atoms with Crippen LogP contribution in [0.4, 0.5) is 4.39 Å². The number of aryl methyl sites for hydroxylation is 1. The third-order valence-electron chi connectivity index (χ3n) is 2.86. The number of ether oxygens (including phenoxy) is 1. The number of halogens is 1. The minimum atomic E-state index is -0.271. The van der Waals surface area contributed by atoms with E-state index in [-0.39, 0.29) is 5.82 Å². The zero-order chi connectivity index (χ0) is 12.7. The summed E-state index contributed by atoms with van der Waals surface area (Å²) in [4.78, 5) is 2.33. The highest BCUT2D eigenvalue weighted by Gasteiger charge is 2.03. The van der Waals surface area contributed by atoms with Crippen molar-refractivity contribution in [2.24, 2.45) is 0 Å². The lowest BCUT2D eigenvalue weighted by Crippen LogP contribution is -2.25. The van der Waals surface area contributed by atoms with Crippen LogP contribution in [0.3, 0.4) is 0 Å². The molecule has 0 aliphatic carbocycles. The van der Waals surface area contributed by atoms with Gasteiger partial charge in [-0.25, -0.2) is 4.39 Å². The third-order valence-corrected chi connectivity index (χ3v) is 2.86. The summed E-state index contributed by atoms with van der Waals surface area (Å²) in [6, 6.07) is 5.06. The topological polar surface area (TPSA) is 12.5 Å². The van der Waals surface area contributed by atoms with Gasteiger partial charge in [-0.3, -0.25) is 0 Å². The van der Waals surface area contributed by atoms with E-state index < -0.39 is 0 Å². The number of hydrogen-bond donors (Lipinski definition) is 0. The van der Waals surface area contributed by atoms with Gasteiger partial charge < -0.3 is 9.64 Å². The quantitative estimate of drug-likeness (QED) is 0.677. The van der Waals surface area contributed by atoms with E-state index in [1.807, 2.05) is 13.0 Å². The fourth-order valence-corrected chi connectivity index (χ4v) is 1.73. The molecule has 0 atom stereocenters. The van der Waals surface area contributed by atoms with Gasteiger partial charge in [0.15, 0.2) is 11.6 Å². The first kappa shape index (κ1) is 14.0. The largest absolute Gasteiger partial charge is 0.490 e. The summed E-state index contributed by atoms with van der Waals surface area (Å²) < 4.78 is 18.9. The lowest BCUT2D eigenvalue weighted by atomic mass is 10.2. The molecule has 0 spiro atoms. The first-order chi connectivity index (χ1) is 8.17. The van der Waals surface area contributed by atoms with Crippen LogP contribution in [-0.4, -0.2) is 31.1 Å². The Morgan fingerprint density at radius 2 is 1.94 bits per heavy atom. The molecule has 0 fully saturated rings. The SMILES string of the molecule is CCN(CC)CCCOc1ccc(C)cc1F. The van der Waals surface area contributed by atoms with Crippen molar-refractivity contribution < 1.29 is 9.13 Å². The molecule has 96 valence electrons. The van der Waals surface area contributed by atoms with Gasteiger partial charge in [0.05, 0.1) is 6.61 Å². The molecule has 0 amide bonds. The van der Waals surface area contributed by atoms with Gasteiger partial charge in [0.25, 0.3) is 0 Å². The summed E-state index contributed by atoms with van der Waals surface area (Å²) in [5.74, 6) is 0.0861. The van der Waals surface area contributed by atoms with E-state index in [9.17, 15) is 4.39 Å². The molecule has 1 rings (SSSR count). The molecule has 0 saturated heterocycles. The van der Waals surface area contributed by atoms with Crippen molar-refractivity contribution in [2.75, 3.05) is 26.2 Å². The van der Waals surface area contributed by atoms with Crippen LogP contribution in [-0.2, 0) is 0 Å². The van der Waals surface area contributed by atoms with Crippen LogP contribution in [0.1, 0.15) is 25.8 Å². The van der Waals surface area contributed by atoms with E-state index in [0.717, 1.165) is 31.6 Å². The van der Waals surface area contributed by atoms with Crippen LogP contribution in [0.5, 0.6) is 5.75 Å². The lowest BCUT2D eigenvalue weighted by Gasteiger charge is -2.17. The number of nitrogens with zero attached hydrogens (tertiary/aromatic N) is 1. The highest BCUT2D eigenvalue weighted by atomic mass is 19.1. The van der Waals surface area contributed by atoms with E-state index in [4.69, 9.17) is 4.74 Å². The van der Waals surface area contributed by atoms with E-state index in [1.54, 1.807) is 6.07 Å². The van der Waals surface area contributed by atoms with E-state index in [0.29, 0.717) is 12.4 Å². The Balaban J connectivity index is 2.31. The molecule has 0 aliphatic heterocycles. The van der Waals surface area contributed by atoms with E-state index >= 15 is 0 Å². The molecular formula is C14H22FNO. The van der Waals surface area contributed by atoms with Gasteiger partial charge in [0.2, 0.25) is 0 Å². The fraction of sp³-hybridized carbons (Fsp3) is 0.571. The second-order valence-corrected chi connectivity index (χ2v) is 4.16. The van der Waals surface area contributed by atoms with Crippen LogP contribution in [0.2, 0.25) is 0 Å². The van der Waals surface area contributed by atoms with Crippen LogP contribution in [0.15, 0.2) is 18.2 Å². The highest BCUT2D eigenvalue weighted by Crippen LogP contribution is 2.17. The molecule has 0 saturated carbocycles. The second-order valence-electron chi connectivity index (χ2n) is 4.16. The normalized spacial score (nSPS) is 10.9. The van der Waals surface area contributed by atoms with Crippen molar-refractivity contribution in [1.29, 1.82) is 0 Å². The van der Waals surface area contributed by atoms with Crippen molar-refractivity contribution >= 4 is 0 Å². The number of rotatable bonds is 7. The number of benzene rings is 1. The fourth-order valence-electron chi connectivity index (χ4n) is 1.73. The summed E-state index contributed by atoms with van der Waals surface area (Å²) in [6.07, 6.45) is 0.926. The Kier molecular flexibility index (Phi) is 5.98. The van der Waals surface area contributed by atoms with Crippen LogP contribution in [0.25, 0.3) is 0 Å².